The van der Waals surface area contributed by atoms with Gasteiger partial charge in [-0.2, -0.15) is 0 Å². The molecule has 0 aliphatic carbocycles. The largest absolute Gasteiger partial charge is 0.483 e. The number of anilines is 1. The summed E-state index contributed by atoms with van der Waals surface area (Å²) in [7, 11) is 0. The predicted octanol–water partition coefficient (Wildman–Crippen LogP) is 6.56. The number of thiazole rings is 1. The van der Waals surface area contributed by atoms with Gasteiger partial charge in [0.05, 0.1) is 0 Å². The lowest BCUT2D eigenvalue weighted by molar-refractivity contribution is -0.122. The standard InChI is InChI=1S/C21H30F2N4S.C2H6.CH2O2/c1-4-5-6-7-8-18-16-25-20(28-18)26-19(24-15-17(2)3)9-12-27-13-10-21(22,23)11-14-27;1-2;2-1-3/h4,7-9,15-17H,1,5-6,10-14H2,2-3H3,(H,25,26);1-2H3;1H,(H,2,3)/b8-7+,19-9+,24-15-;;. The van der Waals surface area contributed by atoms with E-state index in [1.165, 1.54) is 0 Å². The zero-order valence-corrected chi connectivity index (χ0v) is 21.0. The summed E-state index contributed by atoms with van der Waals surface area (Å²) in [6, 6.07) is 0. The maximum absolute atomic E-state index is 13.3. The lowest BCUT2D eigenvalue weighted by Crippen LogP contribution is -2.39. The molecule has 2 rings (SSSR count). The van der Waals surface area contributed by atoms with Gasteiger partial charge in [-0.25, -0.2) is 18.8 Å². The Balaban J connectivity index is 0.00000189. The number of halogens is 2. The van der Waals surface area contributed by atoms with E-state index in [2.05, 4.69) is 47.9 Å². The van der Waals surface area contributed by atoms with Crippen molar-refractivity contribution >= 4 is 35.2 Å². The van der Waals surface area contributed by atoms with Crippen LogP contribution >= 0.6 is 11.3 Å². The number of aromatic nitrogens is 1. The van der Waals surface area contributed by atoms with Crippen molar-refractivity contribution in [1.82, 2.24) is 9.88 Å². The minimum atomic E-state index is -2.52. The minimum absolute atomic E-state index is 0.0765. The molecule has 1 aromatic rings. The van der Waals surface area contributed by atoms with E-state index in [1.807, 2.05) is 43.3 Å². The summed E-state index contributed by atoms with van der Waals surface area (Å²) >= 11 is 1.55. The van der Waals surface area contributed by atoms with Gasteiger partial charge in [-0.3, -0.25) is 9.69 Å². The summed E-state index contributed by atoms with van der Waals surface area (Å²) in [5.41, 5.74) is 0. The van der Waals surface area contributed by atoms with Crippen LogP contribution in [-0.2, 0) is 4.79 Å². The highest BCUT2D eigenvalue weighted by molar-refractivity contribution is 7.16. The van der Waals surface area contributed by atoms with Crippen LogP contribution in [0, 0.1) is 5.92 Å². The molecule has 0 amide bonds. The lowest BCUT2D eigenvalue weighted by Gasteiger charge is -2.30. The molecule has 0 unspecified atom stereocenters. The Kier molecular flexibility index (Phi) is 16.8. The molecule has 1 saturated heterocycles. The molecule has 0 bridgehead atoms. The summed E-state index contributed by atoms with van der Waals surface area (Å²) in [5.74, 6) is -1.51. The molecule has 1 aliphatic heterocycles. The Hall–Kier alpha value is -2.39. The highest BCUT2D eigenvalue weighted by atomic mass is 32.1. The molecular weight excluding hydrogens is 446 g/mol. The number of likely N-dealkylation sites (tertiary alicyclic amines) is 1. The predicted molar refractivity (Wildman–Crippen MR) is 136 cm³/mol. The van der Waals surface area contributed by atoms with Crippen molar-refractivity contribution in [3.8, 4) is 0 Å². The van der Waals surface area contributed by atoms with E-state index in [9.17, 15) is 8.78 Å². The van der Waals surface area contributed by atoms with Gasteiger partial charge in [0.2, 0.25) is 0 Å². The van der Waals surface area contributed by atoms with E-state index in [4.69, 9.17) is 9.90 Å². The van der Waals surface area contributed by atoms with Crippen LogP contribution in [0.3, 0.4) is 0 Å². The fourth-order valence-electron chi connectivity index (χ4n) is 2.59. The van der Waals surface area contributed by atoms with Gasteiger partial charge in [-0.15, -0.1) is 6.58 Å². The van der Waals surface area contributed by atoms with Gasteiger partial charge < -0.3 is 10.4 Å². The summed E-state index contributed by atoms with van der Waals surface area (Å²) < 4.78 is 26.6. The molecular formula is C24H38F2N4O2S. The number of allylic oxidation sites excluding steroid dienone is 2. The Labute approximate surface area is 200 Å². The Morgan fingerprint density at radius 2 is 2.00 bits per heavy atom. The smallest absolute Gasteiger partial charge is 0.290 e. The fraction of sp³-hybridized carbons (Fsp3) is 0.542. The molecule has 1 aliphatic rings. The third kappa shape index (κ3) is 15.1. The van der Waals surface area contributed by atoms with E-state index >= 15 is 0 Å². The number of nitrogens with zero attached hydrogens (tertiary/aromatic N) is 3. The zero-order chi connectivity index (χ0) is 25.1. The average molecular weight is 485 g/mol. The molecule has 1 aromatic heterocycles. The first-order valence-corrected chi connectivity index (χ1v) is 12.0. The van der Waals surface area contributed by atoms with Crippen LogP contribution in [0.1, 0.15) is 58.3 Å². The molecule has 2 N–H and O–H groups in total. The number of rotatable bonds is 10. The number of piperidine rings is 1. The van der Waals surface area contributed by atoms with Gasteiger partial charge in [0, 0.05) is 49.8 Å². The molecule has 1 fully saturated rings. The number of hydrogen-bond acceptors (Lipinski definition) is 6. The molecule has 186 valence electrons. The van der Waals surface area contributed by atoms with Crippen LogP contribution in [0.25, 0.3) is 6.08 Å². The third-order valence-electron chi connectivity index (χ3n) is 4.22. The summed E-state index contributed by atoms with van der Waals surface area (Å²) in [6.45, 7) is 13.0. The number of alkyl halides is 2. The molecule has 0 atom stereocenters. The second-order valence-electron chi connectivity index (χ2n) is 7.33. The summed E-state index contributed by atoms with van der Waals surface area (Å²) in [4.78, 5) is 20.4. The van der Waals surface area contributed by atoms with Crippen molar-refractivity contribution in [1.29, 1.82) is 0 Å². The quantitative estimate of drug-likeness (QED) is 0.170. The molecule has 0 aromatic carbocycles. The minimum Gasteiger partial charge on any atom is -0.483 e. The van der Waals surface area contributed by atoms with Crippen LogP contribution < -0.4 is 5.32 Å². The summed E-state index contributed by atoms with van der Waals surface area (Å²) in [5, 5.41) is 10.9. The van der Waals surface area contributed by atoms with Crippen LogP contribution in [0.4, 0.5) is 13.9 Å². The highest BCUT2D eigenvalue weighted by Gasteiger charge is 2.33. The lowest BCUT2D eigenvalue weighted by atomic mass is 10.1. The number of carbonyl (C=O) groups is 1. The van der Waals surface area contributed by atoms with Crippen LogP contribution in [0.15, 0.2) is 41.8 Å². The number of aliphatic imine (C=N–C) groups is 1. The van der Waals surface area contributed by atoms with Crippen molar-refractivity contribution in [2.45, 2.75) is 59.3 Å². The normalized spacial score (nSPS) is 16.2. The van der Waals surface area contributed by atoms with E-state index in [1.54, 1.807) is 11.3 Å². The molecule has 9 heteroatoms. The number of nitrogens with one attached hydrogen (secondary N) is 1. The Morgan fingerprint density at radius 1 is 1.36 bits per heavy atom. The fourth-order valence-corrected chi connectivity index (χ4v) is 3.34. The van der Waals surface area contributed by atoms with E-state index < -0.39 is 5.92 Å². The van der Waals surface area contributed by atoms with E-state index in [0.29, 0.717) is 31.4 Å². The molecule has 0 spiro atoms. The third-order valence-corrected chi connectivity index (χ3v) is 5.10. The van der Waals surface area contributed by atoms with Gasteiger partial charge in [0.25, 0.3) is 12.4 Å². The SMILES string of the molecule is C=CCC/C=C/c1cnc(NC(=C/CN2CCC(F)(F)CC2)/N=C\C(C)C)s1.CC.O=CO. The highest BCUT2D eigenvalue weighted by Crippen LogP contribution is 2.27. The average Bonchev–Trinajstić information content (AvgIpc) is 3.23. The molecule has 0 radical (unpaired) electrons. The van der Waals surface area contributed by atoms with Gasteiger partial charge in [0.1, 0.15) is 5.82 Å². The van der Waals surface area contributed by atoms with Gasteiger partial charge in [-0.1, -0.05) is 51.2 Å². The number of hydrogen-bond donors (Lipinski definition) is 2. The van der Waals surface area contributed by atoms with Gasteiger partial charge in [-0.05, 0) is 30.9 Å². The van der Waals surface area contributed by atoms with Crippen molar-refractivity contribution in [3.63, 3.8) is 0 Å². The zero-order valence-electron chi connectivity index (χ0n) is 20.1. The van der Waals surface area contributed by atoms with Gasteiger partial charge >= 0.3 is 0 Å². The second kappa shape index (κ2) is 18.1. The Bertz CT molecular complexity index is 751. The van der Waals surface area contributed by atoms with Crippen molar-refractivity contribution < 1.29 is 18.7 Å². The first-order chi connectivity index (χ1) is 15.8. The second-order valence-corrected chi connectivity index (χ2v) is 8.40. The number of carboxylic acid groups (broad SMARTS) is 1. The molecule has 0 saturated carbocycles. The topological polar surface area (TPSA) is 77.8 Å². The van der Waals surface area contributed by atoms with Gasteiger partial charge in [0.15, 0.2) is 5.13 Å². The van der Waals surface area contributed by atoms with Crippen LogP contribution in [0.5, 0.6) is 0 Å². The van der Waals surface area contributed by atoms with Crippen LogP contribution in [-0.4, -0.2) is 53.2 Å². The molecule has 6 nitrogen and oxygen atoms in total. The monoisotopic (exact) mass is 484 g/mol. The number of unbranched alkanes of at least 4 members (excludes halogenated alkanes) is 1. The van der Waals surface area contributed by atoms with Crippen molar-refractivity contribution in [3.05, 3.63) is 41.7 Å². The van der Waals surface area contributed by atoms with Crippen molar-refractivity contribution in [2.75, 3.05) is 25.0 Å². The first-order valence-electron chi connectivity index (χ1n) is 11.2. The summed E-state index contributed by atoms with van der Waals surface area (Å²) in [6.07, 6.45) is 13.5. The van der Waals surface area contributed by atoms with Crippen molar-refractivity contribution in [2.24, 2.45) is 10.9 Å². The molecule has 33 heavy (non-hydrogen) atoms. The van der Waals surface area contributed by atoms with Crippen LogP contribution in [0.2, 0.25) is 0 Å². The maximum atomic E-state index is 13.3. The Morgan fingerprint density at radius 3 is 2.58 bits per heavy atom. The first kappa shape index (κ1) is 30.6. The van der Waals surface area contributed by atoms with E-state index in [0.717, 1.165) is 22.9 Å². The molecule has 2 heterocycles. The van der Waals surface area contributed by atoms with E-state index in [-0.39, 0.29) is 19.3 Å². The maximum Gasteiger partial charge on any atom is 0.290 e.